The van der Waals surface area contributed by atoms with Crippen LogP contribution in [0.3, 0.4) is 0 Å². The number of hydrogen-bond donors (Lipinski definition) is 8. The highest BCUT2D eigenvalue weighted by molar-refractivity contribution is 7.66. The molecule has 1 aromatic carbocycles. The van der Waals surface area contributed by atoms with Gasteiger partial charge in [0.1, 0.15) is 6.23 Å². The molecule has 24 heteroatoms. The summed E-state index contributed by atoms with van der Waals surface area (Å²) in [5, 5.41) is 11.8. The number of benzene rings is 1. The molecule has 0 aliphatic carbocycles. The van der Waals surface area contributed by atoms with E-state index in [1.54, 1.807) is 0 Å². The van der Waals surface area contributed by atoms with Gasteiger partial charge in [-0.25, -0.2) is 23.3 Å². The first-order valence-corrected chi connectivity index (χ1v) is 17.1. The van der Waals surface area contributed by atoms with E-state index in [0.717, 1.165) is 4.57 Å². The Balaban J connectivity index is 1.51. The van der Waals surface area contributed by atoms with Crippen molar-refractivity contribution in [3.8, 4) is 0 Å². The van der Waals surface area contributed by atoms with Crippen molar-refractivity contribution in [2.75, 3.05) is 19.8 Å². The number of phosphoric acid groups is 3. The number of nitrogens with two attached hydrogens (primary N) is 1. The predicted molar refractivity (Wildman–Crippen MR) is 148 cm³/mol. The molecule has 3 rings (SSSR count). The smallest absolute Gasteiger partial charge is 0.478 e. The van der Waals surface area contributed by atoms with E-state index in [1.165, 1.54) is 24.4 Å². The fraction of sp³-hybridized carbons (Fsp3) is 0.429. The van der Waals surface area contributed by atoms with Crippen LogP contribution in [-0.2, 0) is 49.5 Å². The molecule has 2 aromatic rings. The molecule has 1 fully saturated rings. The number of aromatic nitrogens is 2. The SMILES string of the molecule is NCc1ccc(C(=O)NCCOCc2cn(C3CCC(COP(=O)(O)OP(=O)(O)OP(=O)(O)O)O3)c(=O)[nH]c2=O)cc1C(=O)O. The maximum atomic E-state index is 12.4. The number of aromatic amines is 1. The lowest BCUT2D eigenvalue weighted by molar-refractivity contribution is -0.0246. The second kappa shape index (κ2) is 15.1. The highest BCUT2D eigenvalue weighted by Crippen LogP contribution is 2.66. The molecular formula is C21H29N4O17P3. The van der Waals surface area contributed by atoms with Gasteiger partial charge in [0.05, 0.1) is 37.1 Å². The van der Waals surface area contributed by atoms with Gasteiger partial charge in [0.15, 0.2) is 0 Å². The van der Waals surface area contributed by atoms with E-state index in [2.05, 4.69) is 23.4 Å². The van der Waals surface area contributed by atoms with Gasteiger partial charge in [-0.05, 0) is 30.5 Å². The van der Waals surface area contributed by atoms with E-state index in [0.29, 0.717) is 5.56 Å². The van der Waals surface area contributed by atoms with Crippen LogP contribution in [0.5, 0.6) is 0 Å². The summed E-state index contributed by atoms with van der Waals surface area (Å²) in [6.45, 7) is -1.11. The number of carboxylic acids is 1. The molecule has 21 nitrogen and oxygen atoms in total. The molecule has 4 unspecified atom stereocenters. The van der Waals surface area contributed by atoms with Crippen molar-refractivity contribution in [2.45, 2.75) is 38.3 Å². The quantitative estimate of drug-likeness (QED) is 0.0819. The molecule has 1 aliphatic heterocycles. The largest absolute Gasteiger partial charge is 0.490 e. The number of phosphoric ester groups is 1. The van der Waals surface area contributed by atoms with E-state index >= 15 is 0 Å². The van der Waals surface area contributed by atoms with Crippen molar-refractivity contribution in [3.63, 3.8) is 0 Å². The third-order valence-corrected chi connectivity index (χ3v) is 9.69. The summed E-state index contributed by atoms with van der Waals surface area (Å²) < 4.78 is 57.9. The number of amides is 1. The molecule has 1 saturated heterocycles. The summed E-state index contributed by atoms with van der Waals surface area (Å²) in [6, 6.07) is 4.05. The van der Waals surface area contributed by atoms with Gasteiger partial charge in [-0.1, -0.05) is 6.07 Å². The lowest BCUT2D eigenvalue weighted by atomic mass is 10.0. The second-order valence-corrected chi connectivity index (χ2v) is 13.6. The summed E-state index contributed by atoms with van der Waals surface area (Å²) in [6.07, 6.45) is -0.482. The molecule has 9 N–H and O–H groups in total. The summed E-state index contributed by atoms with van der Waals surface area (Å²) in [5.41, 5.74) is 4.24. The Morgan fingerprint density at radius 1 is 1.07 bits per heavy atom. The number of nitrogens with zero attached hydrogens (tertiary/aromatic N) is 1. The molecule has 45 heavy (non-hydrogen) atoms. The minimum Gasteiger partial charge on any atom is -0.478 e. The second-order valence-electron chi connectivity index (χ2n) is 9.19. The monoisotopic (exact) mass is 702 g/mol. The Kier molecular flexibility index (Phi) is 12.3. The third kappa shape index (κ3) is 11.2. The maximum absolute atomic E-state index is 12.4. The van der Waals surface area contributed by atoms with Gasteiger partial charge in [-0.15, -0.1) is 0 Å². The van der Waals surface area contributed by atoms with Crippen molar-refractivity contribution in [1.29, 1.82) is 0 Å². The zero-order valence-electron chi connectivity index (χ0n) is 22.9. The summed E-state index contributed by atoms with van der Waals surface area (Å²) >= 11 is 0. The molecule has 0 saturated carbocycles. The normalized spacial score (nSPS) is 19.5. The van der Waals surface area contributed by atoms with Crippen LogP contribution in [0.2, 0.25) is 0 Å². The Bertz CT molecular complexity index is 1670. The first kappa shape index (κ1) is 36.6. The average Bonchev–Trinajstić information content (AvgIpc) is 3.39. The summed E-state index contributed by atoms with van der Waals surface area (Å²) in [4.78, 5) is 86.4. The molecule has 0 bridgehead atoms. The lowest BCUT2D eigenvalue weighted by Crippen LogP contribution is -2.34. The lowest BCUT2D eigenvalue weighted by Gasteiger charge is -2.19. The molecule has 4 atom stereocenters. The van der Waals surface area contributed by atoms with Gasteiger partial charge in [-0.3, -0.25) is 23.7 Å². The summed E-state index contributed by atoms with van der Waals surface area (Å²) in [7, 11) is -16.6. The van der Waals surface area contributed by atoms with E-state index in [9.17, 15) is 47.8 Å². The Morgan fingerprint density at radius 3 is 2.42 bits per heavy atom. The zero-order chi connectivity index (χ0) is 33.6. The highest BCUT2D eigenvalue weighted by Gasteiger charge is 2.41. The average molecular weight is 702 g/mol. The van der Waals surface area contributed by atoms with E-state index in [1.807, 2.05) is 0 Å². The number of nitrogens with one attached hydrogen (secondary N) is 2. The minimum atomic E-state index is -5.69. The first-order valence-electron chi connectivity index (χ1n) is 12.6. The number of carbonyl (C=O) groups is 2. The standard InChI is InChI=1S/C21H29N4O17P3/c22-8-13-2-1-12(7-16(13)20(28)29)18(26)23-5-6-38-10-14-9-25(21(30)24-19(14)27)17-4-3-15(40-17)11-39-44(34,35)42-45(36,37)41-43(31,32)33/h1-2,7,9,15,17H,3-6,8,10-11,22H2,(H,23,26)(H,28,29)(H,34,35)(H,36,37)(H,24,27,30)(H2,31,32,33). The van der Waals surface area contributed by atoms with Gasteiger partial charge in [0.2, 0.25) is 0 Å². The highest BCUT2D eigenvalue weighted by atomic mass is 31.3. The molecular weight excluding hydrogens is 673 g/mol. The number of carboxylic acid groups (broad SMARTS) is 1. The van der Waals surface area contributed by atoms with Gasteiger partial charge < -0.3 is 45.2 Å². The molecule has 0 spiro atoms. The van der Waals surface area contributed by atoms with Crippen molar-refractivity contribution in [1.82, 2.24) is 14.9 Å². The Morgan fingerprint density at radius 2 is 1.78 bits per heavy atom. The molecule has 1 aliphatic rings. The van der Waals surface area contributed by atoms with Crippen LogP contribution in [0.1, 0.15) is 50.9 Å². The van der Waals surface area contributed by atoms with Crippen LogP contribution in [0.15, 0.2) is 34.0 Å². The fourth-order valence-electron chi connectivity index (χ4n) is 3.95. The molecule has 1 aromatic heterocycles. The van der Waals surface area contributed by atoms with Crippen molar-refractivity contribution >= 4 is 35.3 Å². The Labute approximate surface area is 252 Å². The number of aromatic carboxylic acids is 1. The molecule has 1 amide bonds. The predicted octanol–water partition coefficient (Wildman–Crippen LogP) is -0.339. The number of rotatable bonds is 16. The fourth-order valence-corrected chi connectivity index (χ4v) is 7.00. The first-order chi connectivity index (χ1) is 20.9. The van der Waals surface area contributed by atoms with Crippen LogP contribution in [0.4, 0.5) is 0 Å². The van der Waals surface area contributed by atoms with Crippen LogP contribution < -0.4 is 22.3 Å². The van der Waals surface area contributed by atoms with Crippen LogP contribution in [0, 0.1) is 0 Å². The number of carbonyl (C=O) groups excluding carboxylic acids is 1. The number of H-pyrrole nitrogens is 1. The van der Waals surface area contributed by atoms with Crippen LogP contribution in [0.25, 0.3) is 0 Å². The van der Waals surface area contributed by atoms with Crippen LogP contribution in [-0.4, -0.2) is 72.0 Å². The summed E-state index contributed by atoms with van der Waals surface area (Å²) in [5.74, 6) is -1.81. The van der Waals surface area contributed by atoms with E-state index in [4.69, 9.17) is 25.0 Å². The topological polar surface area (TPSA) is 326 Å². The third-order valence-electron chi connectivity index (χ3n) is 5.89. The number of hydrogen-bond acceptors (Lipinski definition) is 13. The maximum Gasteiger partial charge on any atom is 0.490 e. The molecule has 0 radical (unpaired) electrons. The van der Waals surface area contributed by atoms with Crippen molar-refractivity contribution in [2.24, 2.45) is 5.73 Å². The van der Waals surface area contributed by atoms with E-state index < -0.39 is 65.5 Å². The van der Waals surface area contributed by atoms with Crippen LogP contribution >= 0.6 is 23.5 Å². The van der Waals surface area contributed by atoms with Gasteiger partial charge in [-0.2, -0.15) is 8.62 Å². The van der Waals surface area contributed by atoms with Crippen molar-refractivity contribution in [3.05, 3.63) is 67.5 Å². The zero-order valence-corrected chi connectivity index (χ0v) is 25.6. The number of ether oxygens (including phenoxy) is 2. The van der Waals surface area contributed by atoms with E-state index in [-0.39, 0.29) is 55.8 Å². The Hall–Kier alpha value is -2.87. The minimum absolute atomic E-state index is 0.00436. The van der Waals surface area contributed by atoms with Gasteiger partial charge in [0, 0.05) is 24.8 Å². The van der Waals surface area contributed by atoms with Crippen molar-refractivity contribution < 1.29 is 70.6 Å². The molecule has 2 heterocycles. The van der Waals surface area contributed by atoms with Gasteiger partial charge >= 0.3 is 35.1 Å². The molecule has 250 valence electrons. The van der Waals surface area contributed by atoms with Gasteiger partial charge in [0.25, 0.3) is 11.5 Å².